The summed E-state index contributed by atoms with van der Waals surface area (Å²) in [6, 6.07) is 0. The maximum absolute atomic E-state index is 11.9. The van der Waals surface area contributed by atoms with Gasteiger partial charge < -0.3 is 9.64 Å². The molecule has 0 radical (unpaired) electrons. The van der Waals surface area contributed by atoms with Gasteiger partial charge in [0.2, 0.25) is 5.91 Å². The molecule has 1 rings (SSSR count). The third-order valence-electron chi connectivity index (χ3n) is 2.41. The Bertz CT molecular complexity index is 191. The molecule has 2 atom stereocenters. The molecule has 0 bridgehead atoms. The second-order valence-corrected chi connectivity index (χ2v) is 5.48. The first-order valence-corrected chi connectivity index (χ1v) is 5.99. The van der Waals surface area contributed by atoms with E-state index in [1.54, 1.807) is 4.90 Å². The lowest BCUT2D eigenvalue weighted by atomic mass is 10.0. The van der Waals surface area contributed by atoms with Gasteiger partial charge in [0.25, 0.3) is 0 Å². The molecule has 4 heteroatoms. The molecular weight excluding hydrogens is 246 g/mol. The molecule has 1 saturated heterocycles. The van der Waals surface area contributed by atoms with E-state index in [4.69, 9.17) is 4.74 Å². The van der Waals surface area contributed by atoms with Crippen LogP contribution in [0.5, 0.6) is 0 Å². The molecule has 0 aliphatic carbocycles. The molecule has 14 heavy (non-hydrogen) atoms. The molecule has 1 fully saturated rings. The largest absolute Gasteiger partial charge is 0.381 e. The van der Waals surface area contributed by atoms with Gasteiger partial charge in [0.15, 0.2) is 0 Å². The lowest BCUT2D eigenvalue weighted by Crippen LogP contribution is -2.39. The van der Waals surface area contributed by atoms with Crippen LogP contribution in [0.1, 0.15) is 19.8 Å². The second-order valence-electron chi connectivity index (χ2n) is 3.91. The zero-order chi connectivity index (χ0) is 10.6. The second kappa shape index (κ2) is 5.71. The Morgan fingerprint density at radius 3 is 2.93 bits per heavy atom. The summed E-state index contributed by atoms with van der Waals surface area (Å²) in [7, 11) is 1.86. The average molecular weight is 264 g/mol. The number of carbonyl (C=O) groups is 1. The Balaban J connectivity index is 2.38. The van der Waals surface area contributed by atoms with Crippen molar-refractivity contribution < 1.29 is 9.53 Å². The summed E-state index contributed by atoms with van der Waals surface area (Å²) in [5.41, 5.74) is 0. The van der Waals surface area contributed by atoms with Gasteiger partial charge in [-0.3, -0.25) is 4.79 Å². The van der Waals surface area contributed by atoms with E-state index in [1.807, 2.05) is 14.0 Å². The van der Waals surface area contributed by atoms with Gasteiger partial charge in [-0.2, -0.15) is 0 Å². The number of amides is 1. The van der Waals surface area contributed by atoms with E-state index in [2.05, 4.69) is 15.9 Å². The van der Waals surface area contributed by atoms with E-state index in [0.29, 0.717) is 11.4 Å². The molecular formula is C10H18BrNO2. The van der Waals surface area contributed by atoms with Crippen LogP contribution in [0.25, 0.3) is 0 Å². The summed E-state index contributed by atoms with van der Waals surface area (Å²) in [6.07, 6.45) is 1.98. The Kier molecular flexibility index (Phi) is 4.89. The molecule has 3 nitrogen and oxygen atoms in total. The smallest absolute Gasteiger partial charge is 0.227 e. The van der Waals surface area contributed by atoms with Gasteiger partial charge in [-0.05, 0) is 12.8 Å². The third-order valence-corrected chi connectivity index (χ3v) is 2.70. The van der Waals surface area contributed by atoms with E-state index in [9.17, 15) is 4.79 Å². The summed E-state index contributed by atoms with van der Waals surface area (Å²) in [6.45, 7) is 4.21. The van der Waals surface area contributed by atoms with Crippen molar-refractivity contribution in [2.45, 2.75) is 24.6 Å². The van der Waals surface area contributed by atoms with Crippen molar-refractivity contribution in [1.29, 1.82) is 0 Å². The molecule has 1 heterocycles. The summed E-state index contributed by atoms with van der Waals surface area (Å²) in [5.74, 6) is 0.302. The first-order chi connectivity index (χ1) is 6.61. The number of nitrogens with zero attached hydrogens (tertiary/aromatic N) is 1. The molecule has 2 unspecified atom stereocenters. The van der Waals surface area contributed by atoms with Crippen LogP contribution in [0.3, 0.4) is 0 Å². The summed E-state index contributed by atoms with van der Waals surface area (Å²) in [4.78, 5) is 14.0. The minimum absolute atomic E-state index is 0.0833. The molecule has 1 amide bonds. The monoisotopic (exact) mass is 263 g/mol. The van der Waals surface area contributed by atoms with Gasteiger partial charge in [-0.15, -0.1) is 0 Å². The molecule has 0 aromatic carbocycles. The van der Waals surface area contributed by atoms with Crippen molar-refractivity contribution in [2.24, 2.45) is 5.92 Å². The first-order valence-electron chi connectivity index (χ1n) is 5.08. The summed E-state index contributed by atoms with van der Waals surface area (Å²) in [5, 5.41) is 0. The van der Waals surface area contributed by atoms with E-state index < -0.39 is 0 Å². The standard InChI is InChI=1S/C10H18BrNO2/c1-8(11)6-12(2)10(13)9-4-3-5-14-7-9/h8-9H,3-7H2,1-2H3. The molecule has 1 aliphatic rings. The van der Waals surface area contributed by atoms with Crippen molar-refractivity contribution in [3.05, 3.63) is 0 Å². The molecule has 0 spiro atoms. The number of alkyl halides is 1. The number of rotatable bonds is 3. The van der Waals surface area contributed by atoms with Gasteiger partial charge in [-0.1, -0.05) is 22.9 Å². The van der Waals surface area contributed by atoms with E-state index in [1.165, 1.54) is 0 Å². The highest BCUT2D eigenvalue weighted by Crippen LogP contribution is 2.16. The third kappa shape index (κ3) is 3.58. The minimum atomic E-state index is 0.0833. The summed E-state index contributed by atoms with van der Waals surface area (Å²) >= 11 is 3.44. The van der Waals surface area contributed by atoms with Crippen molar-refractivity contribution >= 4 is 21.8 Å². The molecule has 1 aliphatic heterocycles. The van der Waals surface area contributed by atoms with Crippen molar-refractivity contribution in [1.82, 2.24) is 4.90 Å². The lowest BCUT2D eigenvalue weighted by molar-refractivity contribution is -0.138. The number of halogens is 1. The zero-order valence-electron chi connectivity index (χ0n) is 8.83. The van der Waals surface area contributed by atoms with E-state index in [-0.39, 0.29) is 11.8 Å². The van der Waals surface area contributed by atoms with Crippen molar-refractivity contribution in [3.63, 3.8) is 0 Å². The number of hydrogen-bond donors (Lipinski definition) is 0. The fraction of sp³-hybridized carbons (Fsp3) is 0.900. The Hall–Kier alpha value is -0.0900. The normalized spacial score (nSPS) is 24.4. The predicted octanol–water partition coefficient (Wildman–Crippen LogP) is 1.65. The topological polar surface area (TPSA) is 29.5 Å². The van der Waals surface area contributed by atoms with Crippen molar-refractivity contribution in [2.75, 3.05) is 26.8 Å². The quantitative estimate of drug-likeness (QED) is 0.725. The maximum atomic E-state index is 11.9. The molecule has 0 aromatic heterocycles. The molecule has 0 saturated carbocycles. The Morgan fingerprint density at radius 1 is 1.71 bits per heavy atom. The Labute approximate surface area is 93.9 Å². The van der Waals surface area contributed by atoms with Gasteiger partial charge in [0.1, 0.15) is 0 Å². The number of hydrogen-bond acceptors (Lipinski definition) is 2. The van der Waals surface area contributed by atoms with Crippen LogP contribution in [0, 0.1) is 5.92 Å². The number of carbonyl (C=O) groups excluding carboxylic acids is 1. The maximum Gasteiger partial charge on any atom is 0.227 e. The van der Waals surface area contributed by atoms with Crippen LogP contribution >= 0.6 is 15.9 Å². The van der Waals surface area contributed by atoms with Gasteiger partial charge in [-0.25, -0.2) is 0 Å². The zero-order valence-corrected chi connectivity index (χ0v) is 10.4. The molecule has 82 valence electrons. The predicted molar refractivity (Wildman–Crippen MR) is 59.6 cm³/mol. The highest BCUT2D eigenvalue weighted by molar-refractivity contribution is 9.09. The van der Waals surface area contributed by atoms with Crippen molar-refractivity contribution in [3.8, 4) is 0 Å². The van der Waals surface area contributed by atoms with Gasteiger partial charge >= 0.3 is 0 Å². The minimum Gasteiger partial charge on any atom is -0.381 e. The van der Waals surface area contributed by atoms with Crippen LogP contribution in [-0.4, -0.2) is 42.4 Å². The van der Waals surface area contributed by atoms with Crippen LogP contribution < -0.4 is 0 Å². The highest BCUT2D eigenvalue weighted by Gasteiger charge is 2.24. The van der Waals surface area contributed by atoms with Crippen LogP contribution in [0.4, 0.5) is 0 Å². The van der Waals surface area contributed by atoms with Crippen LogP contribution in [0.15, 0.2) is 0 Å². The molecule has 0 aromatic rings. The molecule has 0 N–H and O–H groups in total. The lowest BCUT2D eigenvalue weighted by Gasteiger charge is -2.27. The van der Waals surface area contributed by atoms with Crippen LogP contribution in [0.2, 0.25) is 0 Å². The Morgan fingerprint density at radius 2 is 2.43 bits per heavy atom. The fourth-order valence-electron chi connectivity index (χ4n) is 1.71. The van der Waals surface area contributed by atoms with E-state index >= 15 is 0 Å². The van der Waals surface area contributed by atoms with Gasteiger partial charge in [0.05, 0.1) is 12.5 Å². The SMILES string of the molecule is CC(Br)CN(C)C(=O)C1CCCOC1. The summed E-state index contributed by atoms with van der Waals surface area (Å²) < 4.78 is 5.30. The van der Waals surface area contributed by atoms with E-state index in [0.717, 1.165) is 26.0 Å². The highest BCUT2D eigenvalue weighted by atomic mass is 79.9. The number of ether oxygens (including phenoxy) is 1. The first kappa shape index (κ1) is 12.0. The van der Waals surface area contributed by atoms with Gasteiger partial charge in [0, 0.05) is 25.0 Å². The van der Waals surface area contributed by atoms with Crippen LogP contribution in [-0.2, 0) is 9.53 Å². The average Bonchev–Trinajstić information content (AvgIpc) is 2.17. The fourth-order valence-corrected chi connectivity index (χ4v) is 2.15.